The average Bonchev–Trinajstić information content (AvgIpc) is 3.21. The van der Waals surface area contributed by atoms with Crippen molar-refractivity contribution < 1.29 is 26.7 Å². The van der Waals surface area contributed by atoms with E-state index in [-0.39, 0.29) is 47.0 Å². The van der Waals surface area contributed by atoms with E-state index in [4.69, 9.17) is 4.74 Å². The van der Waals surface area contributed by atoms with Crippen molar-refractivity contribution in [1.29, 1.82) is 0 Å². The number of nitrogens with one attached hydrogen (secondary N) is 1. The number of amides is 1. The third-order valence-corrected chi connectivity index (χ3v) is 6.37. The molecule has 1 amide bonds. The fourth-order valence-corrected chi connectivity index (χ4v) is 4.73. The molecular weight excluding hydrogens is 410 g/mol. The molecule has 1 atom stereocenters. The zero-order valence-electron chi connectivity index (χ0n) is 15.5. The minimum atomic E-state index is -3.56. The van der Waals surface area contributed by atoms with Gasteiger partial charge in [-0.3, -0.25) is 4.79 Å². The largest absolute Gasteiger partial charge is 0.381 e. The number of hydrogen-bond acceptors (Lipinski definition) is 4. The van der Waals surface area contributed by atoms with Crippen molar-refractivity contribution >= 4 is 34.9 Å². The summed E-state index contributed by atoms with van der Waals surface area (Å²) in [4.78, 5) is 12.5. The average molecular weight is 433 g/mol. The van der Waals surface area contributed by atoms with E-state index in [9.17, 15) is 22.0 Å². The maximum absolute atomic E-state index is 13.5. The zero-order chi connectivity index (χ0) is 19.8. The number of carbonyl (C=O) groups is 1. The van der Waals surface area contributed by atoms with Crippen LogP contribution in [0.2, 0.25) is 0 Å². The smallest absolute Gasteiger partial charge is 0.272 e. The van der Waals surface area contributed by atoms with Crippen LogP contribution in [0.4, 0.5) is 14.5 Å². The summed E-state index contributed by atoms with van der Waals surface area (Å²) >= 11 is 0. The van der Waals surface area contributed by atoms with Crippen LogP contribution in [0.15, 0.2) is 29.3 Å². The van der Waals surface area contributed by atoms with Gasteiger partial charge in [0.2, 0.25) is 0 Å². The molecule has 0 radical (unpaired) electrons. The minimum absolute atomic E-state index is 0. The van der Waals surface area contributed by atoms with Crippen LogP contribution in [0, 0.1) is 24.5 Å². The fraction of sp³-hybridized carbons (Fsp3) is 0.389. The molecule has 6 nitrogen and oxygen atoms in total. The highest BCUT2D eigenvalue weighted by Crippen LogP contribution is 2.23. The molecular formula is C18H22F2N2O4S2. The Morgan fingerprint density at radius 3 is 2.64 bits per heavy atom. The Bertz CT molecular complexity index is 960. The number of hydrogen-bond donors (Lipinski definition) is 1. The number of rotatable bonds is 5. The summed E-state index contributed by atoms with van der Waals surface area (Å²) in [6, 6.07) is 3.46. The molecule has 1 aliphatic heterocycles. The molecule has 1 saturated heterocycles. The molecule has 1 N–H and O–H groups in total. The van der Waals surface area contributed by atoms with E-state index in [2.05, 4.69) is 5.32 Å². The van der Waals surface area contributed by atoms with Gasteiger partial charge in [0.15, 0.2) is 21.5 Å². The summed E-state index contributed by atoms with van der Waals surface area (Å²) in [5.74, 6) is -2.76. The lowest BCUT2D eigenvalue weighted by atomic mass is 10.2. The highest BCUT2D eigenvalue weighted by Gasteiger charge is 2.27. The van der Waals surface area contributed by atoms with E-state index in [1.807, 2.05) is 0 Å². The monoisotopic (exact) mass is 432 g/mol. The molecule has 10 heteroatoms. The zero-order valence-corrected chi connectivity index (χ0v) is 17.3. The number of halogens is 2. The highest BCUT2D eigenvalue weighted by molar-refractivity contribution is 7.91. The van der Waals surface area contributed by atoms with Gasteiger partial charge in [-0.1, -0.05) is 0 Å². The van der Waals surface area contributed by atoms with Gasteiger partial charge in [-0.15, -0.1) is 0 Å². The lowest BCUT2D eigenvalue weighted by molar-refractivity contribution is 0.101. The molecule has 1 aliphatic rings. The number of aryl methyl sites for hydroxylation is 2. The Kier molecular flexibility index (Phi) is 6.89. The molecule has 0 bridgehead atoms. The van der Waals surface area contributed by atoms with Gasteiger partial charge in [0, 0.05) is 31.6 Å². The second-order valence-corrected chi connectivity index (χ2v) is 8.76. The Morgan fingerprint density at radius 1 is 1.32 bits per heavy atom. The Balaban J connectivity index is 0.00000280. The minimum Gasteiger partial charge on any atom is -0.381 e. The maximum Gasteiger partial charge on any atom is 0.272 e. The summed E-state index contributed by atoms with van der Waals surface area (Å²) in [5, 5.41) is 2.46. The van der Waals surface area contributed by atoms with Crippen LogP contribution in [0.25, 0.3) is 0 Å². The first kappa shape index (κ1) is 22.4. The quantitative estimate of drug-likeness (QED) is 0.788. The van der Waals surface area contributed by atoms with Crippen molar-refractivity contribution in [3.05, 3.63) is 47.3 Å². The second kappa shape index (κ2) is 8.62. The number of nitrogens with zero attached hydrogens (tertiary/aromatic N) is 1. The topological polar surface area (TPSA) is 77.4 Å². The van der Waals surface area contributed by atoms with Crippen molar-refractivity contribution in [3.63, 3.8) is 0 Å². The number of benzene rings is 1. The number of anilines is 1. The molecule has 1 aromatic heterocycles. The Labute approximate surface area is 169 Å². The highest BCUT2D eigenvalue weighted by atomic mass is 32.2. The third kappa shape index (κ3) is 4.73. The molecule has 0 unspecified atom stereocenters. The van der Waals surface area contributed by atoms with E-state index < -0.39 is 27.4 Å². The first-order chi connectivity index (χ1) is 12.7. The number of aromatic nitrogens is 1. The maximum atomic E-state index is 13.5. The lowest BCUT2D eigenvalue weighted by Crippen LogP contribution is -2.16. The van der Waals surface area contributed by atoms with E-state index in [0.717, 1.165) is 6.07 Å². The summed E-state index contributed by atoms with van der Waals surface area (Å²) < 4.78 is 58.6. The molecule has 3 rings (SSSR count). The van der Waals surface area contributed by atoms with Crippen LogP contribution in [-0.4, -0.2) is 37.9 Å². The van der Waals surface area contributed by atoms with Crippen molar-refractivity contribution in [2.75, 3.05) is 24.3 Å². The summed E-state index contributed by atoms with van der Waals surface area (Å²) in [6.07, 6.45) is 2.06. The molecule has 2 heterocycles. The van der Waals surface area contributed by atoms with Crippen LogP contribution in [-0.2, 0) is 21.6 Å². The Hall–Kier alpha value is -1.91. The normalized spacial score (nSPS) is 16.6. The standard InChI is InChI=1S/C18H20F2N2O4S.H2S/c1-11-5-13(6-15(19)17(11)20)21-18(23)16-7-14(8-22(16)2)27(24,25)10-12-3-4-26-9-12;/h5-8,12H,3-4,9-10H2,1-2H3,(H,21,23);1H2/t12-;/m0./s1. The van der Waals surface area contributed by atoms with E-state index >= 15 is 0 Å². The van der Waals surface area contributed by atoms with Gasteiger partial charge in [-0.2, -0.15) is 13.5 Å². The molecule has 154 valence electrons. The SMILES string of the molecule is Cc1cc(NC(=O)c2cc(S(=O)(=O)C[C@H]3CCOC3)cn2C)cc(F)c1F.S. The first-order valence-corrected chi connectivity index (χ1v) is 10.1. The van der Waals surface area contributed by atoms with Gasteiger partial charge in [0.25, 0.3) is 5.91 Å². The Morgan fingerprint density at radius 2 is 2.04 bits per heavy atom. The van der Waals surface area contributed by atoms with Crippen LogP contribution in [0.5, 0.6) is 0 Å². The van der Waals surface area contributed by atoms with Crippen LogP contribution < -0.4 is 5.32 Å². The fourth-order valence-electron chi connectivity index (χ4n) is 3.05. The predicted octanol–water partition coefficient (Wildman–Crippen LogP) is 2.79. The molecule has 0 saturated carbocycles. The van der Waals surface area contributed by atoms with Crippen LogP contribution >= 0.6 is 13.5 Å². The second-order valence-electron chi connectivity index (χ2n) is 6.73. The molecule has 2 aromatic rings. The molecule has 0 spiro atoms. The molecule has 28 heavy (non-hydrogen) atoms. The van der Waals surface area contributed by atoms with E-state index in [0.29, 0.717) is 19.6 Å². The summed E-state index contributed by atoms with van der Waals surface area (Å²) in [7, 11) is -2.02. The number of ether oxygens (including phenoxy) is 1. The number of carbonyl (C=O) groups excluding carboxylic acids is 1. The van der Waals surface area contributed by atoms with Gasteiger partial charge in [0.1, 0.15) is 5.69 Å². The third-order valence-electron chi connectivity index (χ3n) is 4.52. The van der Waals surface area contributed by atoms with Crippen molar-refractivity contribution in [1.82, 2.24) is 4.57 Å². The predicted molar refractivity (Wildman–Crippen MR) is 106 cm³/mol. The van der Waals surface area contributed by atoms with Crippen LogP contribution in [0.3, 0.4) is 0 Å². The molecule has 0 aliphatic carbocycles. The number of sulfone groups is 1. The summed E-state index contributed by atoms with van der Waals surface area (Å²) in [5.41, 5.74) is 0.239. The van der Waals surface area contributed by atoms with Gasteiger partial charge in [0.05, 0.1) is 17.3 Å². The van der Waals surface area contributed by atoms with Gasteiger partial charge in [-0.25, -0.2) is 17.2 Å². The first-order valence-electron chi connectivity index (χ1n) is 8.41. The van der Waals surface area contributed by atoms with Crippen LogP contribution in [0.1, 0.15) is 22.5 Å². The molecule has 1 aromatic carbocycles. The van der Waals surface area contributed by atoms with E-state index in [1.165, 1.54) is 29.8 Å². The summed E-state index contributed by atoms with van der Waals surface area (Å²) in [6.45, 7) is 2.35. The van der Waals surface area contributed by atoms with E-state index in [1.54, 1.807) is 7.05 Å². The van der Waals surface area contributed by atoms with Gasteiger partial charge in [-0.05, 0) is 37.0 Å². The van der Waals surface area contributed by atoms with Crippen molar-refractivity contribution in [2.45, 2.75) is 18.2 Å². The van der Waals surface area contributed by atoms with Crippen molar-refractivity contribution in [2.24, 2.45) is 13.0 Å². The van der Waals surface area contributed by atoms with Gasteiger partial charge >= 0.3 is 0 Å². The molecule has 1 fully saturated rings. The van der Waals surface area contributed by atoms with Crippen molar-refractivity contribution in [3.8, 4) is 0 Å². The van der Waals surface area contributed by atoms with Gasteiger partial charge < -0.3 is 14.6 Å². The lowest BCUT2D eigenvalue weighted by Gasteiger charge is -2.08.